The molecule has 2 rings (SSSR count). The molecule has 104 valence electrons. The van der Waals surface area contributed by atoms with Crippen LogP contribution in [-0.2, 0) is 0 Å². The molecule has 1 aromatic carbocycles. The summed E-state index contributed by atoms with van der Waals surface area (Å²) in [5.74, 6) is 0.739. The molecule has 19 heavy (non-hydrogen) atoms. The Morgan fingerprint density at radius 2 is 1.53 bits per heavy atom. The Kier molecular flexibility index (Phi) is 3.85. The van der Waals surface area contributed by atoms with Gasteiger partial charge in [0, 0.05) is 6.21 Å². The molecule has 0 heterocycles. The molecule has 1 aliphatic carbocycles. The van der Waals surface area contributed by atoms with Crippen molar-refractivity contribution in [1.29, 1.82) is 0 Å². The average molecular weight is 257 g/mol. The van der Waals surface area contributed by atoms with Crippen LogP contribution in [0.5, 0.6) is 0 Å². The van der Waals surface area contributed by atoms with E-state index < -0.39 is 0 Å². The van der Waals surface area contributed by atoms with Crippen molar-refractivity contribution in [2.45, 2.75) is 53.5 Å². The van der Waals surface area contributed by atoms with E-state index in [0.29, 0.717) is 16.9 Å². The summed E-state index contributed by atoms with van der Waals surface area (Å²) >= 11 is 0. The van der Waals surface area contributed by atoms with Crippen LogP contribution in [-0.4, -0.2) is 12.3 Å². The molecule has 0 amide bonds. The molecule has 1 aromatic rings. The van der Waals surface area contributed by atoms with Gasteiger partial charge in [-0.2, -0.15) is 0 Å². The Morgan fingerprint density at radius 3 is 2.05 bits per heavy atom. The van der Waals surface area contributed by atoms with Crippen LogP contribution >= 0.6 is 0 Å². The number of aliphatic imine (C=N–C) groups is 1. The molecule has 0 aliphatic heterocycles. The van der Waals surface area contributed by atoms with E-state index in [2.05, 4.69) is 58.9 Å². The third-order valence-corrected chi connectivity index (χ3v) is 5.10. The molecule has 1 aliphatic rings. The normalized spacial score (nSPS) is 29.5. The minimum Gasteiger partial charge on any atom is -0.289 e. The Balaban J connectivity index is 2.12. The van der Waals surface area contributed by atoms with E-state index in [9.17, 15) is 0 Å². The minimum atomic E-state index is 0.375. The lowest BCUT2D eigenvalue weighted by Crippen LogP contribution is -2.43. The Labute approximate surface area is 118 Å². The van der Waals surface area contributed by atoms with Crippen LogP contribution in [0.1, 0.15) is 53.0 Å². The van der Waals surface area contributed by atoms with Gasteiger partial charge in [-0.1, -0.05) is 65.0 Å². The van der Waals surface area contributed by atoms with Crippen LogP contribution in [0.3, 0.4) is 0 Å². The van der Waals surface area contributed by atoms with Gasteiger partial charge in [0.05, 0.1) is 6.04 Å². The number of nitrogens with zero attached hydrogens (tertiary/aromatic N) is 1. The highest BCUT2D eigenvalue weighted by Crippen LogP contribution is 2.51. The van der Waals surface area contributed by atoms with Gasteiger partial charge in [0.2, 0.25) is 0 Å². The van der Waals surface area contributed by atoms with Gasteiger partial charge in [-0.15, -0.1) is 0 Å². The molecule has 0 saturated heterocycles. The number of benzene rings is 1. The Hall–Kier alpha value is -1.11. The summed E-state index contributed by atoms with van der Waals surface area (Å²) < 4.78 is 0. The van der Waals surface area contributed by atoms with E-state index >= 15 is 0 Å². The zero-order valence-corrected chi connectivity index (χ0v) is 13.0. The van der Waals surface area contributed by atoms with E-state index in [0.717, 1.165) is 5.92 Å². The van der Waals surface area contributed by atoms with Crippen LogP contribution in [0.4, 0.5) is 0 Å². The van der Waals surface area contributed by atoms with E-state index in [4.69, 9.17) is 4.99 Å². The maximum absolute atomic E-state index is 4.85. The van der Waals surface area contributed by atoms with Crippen LogP contribution in [0.2, 0.25) is 0 Å². The van der Waals surface area contributed by atoms with E-state index in [1.807, 2.05) is 12.3 Å². The molecule has 0 radical (unpaired) electrons. The highest BCUT2D eigenvalue weighted by Gasteiger charge is 2.44. The molecule has 0 bridgehead atoms. The molecule has 0 aromatic heterocycles. The van der Waals surface area contributed by atoms with Gasteiger partial charge in [0.1, 0.15) is 0 Å². The Morgan fingerprint density at radius 1 is 1.00 bits per heavy atom. The molecule has 0 N–H and O–H groups in total. The van der Waals surface area contributed by atoms with Crippen LogP contribution in [0.25, 0.3) is 0 Å². The monoisotopic (exact) mass is 257 g/mol. The topological polar surface area (TPSA) is 12.4 Å². The Bertz CT molecular complexity index is 424. The summed E-state index contributed by atoms with van der Waals surface area (Å²) in [6.45, 7) is 12.0. The molecule has 1 heteroatoms. The zero-order valence-electron chi connectivity index (χ0n) is 13.0. The average Bonchev–Trinajstić information content (AvgIpc) is 2.34. The fraction of sp³-hybridized carbons (Fsp3) is 0.611. The van der Waals surface area contributed by atoms with Crippen molar-refractivity contribution in [2.75, 3.05) is 0 Å². The van der Waals surface area contributed by atoms with E-state index in [-0.39, 0.29) is 0 Å². The summed E-state index contributed by atoms with van der Waals surface area (Å²) in [7, 11) is 0. The molecule has 0 atom stereocenters. The number of rotatable bonds is 2. The predicted molar refractivity (Wildman–Crippen MR) is 83.8 cm³/mol. The largest absolute Gasteiger partial charge is 0.289 e. The van der Waals surface area contributed by atoms with E-state index in [1.54, 1.807) is 0 Å². The first-order chi connectivity index (χ1) is 8.81. The van der Waals surface area contributed by atoms with Gasteiger partial charge >= 0.3 is 0 Å². The SMILES string of the molecule is CC1C(C)(C)CC(/N=C/c2ccccc2)CC1(C)C. The molecule has 1 saturated carbocycles. The molecule has 1 fully saturated rings. The maximum atomic E-state index is 4.85. The highest BCUT2D eigenvalue weighted by atomic mass is 14.8. The number of hydrogen-bond donors (Lipinski definition) is 0. The lowest BCUT2D eigenvalue weighted by atomic mass is 9.57. The summed E-state index contributed by atoms with van der Waals surface area (Å²) in [6.07, 6.45) is 4.44. The van der Waals surface area contributed by atoms with Crippen LogP contribution < -0.4 is 0 Å². The lowest BCUT2D eigenvalue weighted by molar-refractivity contribution is 0.0174. The molecule has 0 unspecified atom stereocenters. The third-order valence-electron chi connectivity index (χ3n) is 5.10. The second-order valence-electron chi connectivity index (χ2n) is 7.45. The first kappa shape index (κ1) is 14.3. The zero-order chi connectivity index (χ0) is 14.1. The fourth-order valence-corrected chi connectivity index (χ4v) is 3.53. The third kappa shape index (κ3) is 3.26. The van der Waals surface area contributed by atoms with Crippen molar-refractivity contribution >= 4 is 6.21 Å². The molecular weight excluding hydrogens is 230 g/mol. The first-order valence-electron chi connectivity index (χ1n) is 7.39. The summed E-state index contributed by atoms with van der Waals surface area (Å²) in [4.78, 5) is 4.85. The van der Waals surface area contributed by atoms with Crippen molar-refractivity contribution in [3.63, 3.8) is 0 Å². The predicted octanol–water partition coefficient (Wildman–Crippen LogP) is 4.96. The van der Waals surface area contributed by atoms with Gasteiger partial charge in [0.25, 0.3) is 0 Å². The van der Waals surface area contributed by atoms with Gasteiger partial charge in [-0.25, -0.2) is 0 Å². The molecular formula is C18H27N. The highest BCUT2D eigenvalue weighted by molar-refractivity contribution is 5.79. The van der Waals surface area contributed by atoms with Crippen molar-refractivity contribution in [3.05, 3.63) is 35.9 Å². The number of hydrogen-bond acceptors (Lipinski definition) is 1. The minimum absolute atomic E-state index is 0.375. The van der Waals surface area contributed by atoms with Gasteiger partial charge in [-0.05, 0) is 35.2 Å². The summed E-state index contributed by atoms with van der Waals surface area (Å²) in [5.41, 5.74) is 1.96. The smallest absolute Gasteiger partial charge is 0.0510 e. The summed E-state index contributed by atoms with van der Waals surface area (Å²) in [6, 6.07) is 10.9. The summed E-state index contributed by atoms with van der Waals surface area (Å²) in [5, 5.41) is 0. The second kappa shape index (κ2) is 5.11. The van der Waals surface area contributed by atoms with Crippen LogP contribution in [0, 0.1) is 16.7 Å². The second-order valence-corrected chi connectivity index (χ2v) is 7.45. The fourth-order valence-electron chi connectivity index (χ4n) is 3.53. The van der Waals surface area contributed by atoms with Gasteiger partial charge < -0.3 is 0 Å². The lowest BCUT2D eigenvalue weighted by Gasteiger charge is -2.50. The molecule has 0 spiro atoms. The standard InChI is InChI=1S/C18H27N/c1-14-17(2,3)11-16(12-18(14,4)5)19-13-15-9-7-6-8-10-15/h6-10,13-14,16H,11-12H2,1-5H3/b19-13+. The van der Waals surface area contributed by atoms with Gasteiger partial charge in [-0.3, -0.25) is 4.99 Å². The quantitative estimate of drug-likeness (QED) is 0.664. The van der Waals surface area contributed by atoms with Crippen molar-refractivity contribution in [2.24, 2.45) is 21.7 Å². The maximum Gasteiger partial charge on any atom is 0.0510 e. The van der Waals surface area contributed by atoms with Gasteiger partial charge in [0.15, 0.2) is 0 Å². The van der Waals surface area contributed by atoms with Crippen molar-refractivity contribution in [1.82, 2.24) is 0 Å². The van der Waals surface area contributed by atoms with Crippen LogP contribution in [0.15, 0.2) is 35.3 Å². The first-order valence-corrected chi connectivity index (χ1v) is 7.39. The van der Waals surface area contributed by atoms with Crippen molar-refractivity contribution in [3.8, 4) is 0 Å². The van der Waals surface area contributed by atoms with E-state index in [1.165, 1.54) is 18.4 Å². The van der Waals surface area contributed by atoms with Crippen molar-refractivity contribution < 1.29 is 0 Å². The molecule has 1 nitrogen and oxygen atoms in total.